The van der Waals surface area contributed by atoms with Crippen LogP contribution < -0.4 is 9.46 Å². The maximum Gasteiger partial charge on any atom is 0.244 e. The molecule has 24 heavy (non-hydrogen) atoms. The van der Waals surface area contributed by atoms with Crippen LogP contribution in [-0.4, -0.2) is 46.0 Å². The Bertz CT molecular complexity index is 644. The predicted molar refractivity (Wildman–Crippen MR) is 94.7 cm³/mol. The van der Waals surface area contributed by atoms with Crippen molar-refractivity contribution in [3.8, 4) is 5.75 Å². The minimum absolute atomic E-state index is 0.0431. The molecule has 1 aromatic rings. The lowest BCUT2D eigenvalue weighted by Gasteiger charge is -2.21. The number of nitrogens with zero attached hydrogens (tertiary/aromatic N) is 1. The van der Waals surface area contributed by atoms with Crippen LogP contribution in [0.4, 0.5) is 0 Å². The van der Waals surface area contributed by atoms with E-state index in [2.05, 4.69) is 11.6 Å². The number of aryl methyl sites for hydroxylation is 1. The Labute approximate surface area is 145 Å². The maximum absolute atomic E-state index is 12.5. The number of unbranched alkanes of at least 4 members (excludes halogenated alkanes) is 2. The molecular weight excluding hydrogens is 328 g/mol. The zero-order valence-corrected chi connectivity index (χ0v) is 15.8. The molecule has 0 radical (unpaired) electrons. The van der Waals surface area contributed by atoms with Crippen molar-refractivity contribution in [2.75, 3.05) is 26.7 Å². The Kier molecular flexibility index (Phi) is 8.21. The number of benzene rings is 1. The third-order valence-corrected chi connectivity index (χ3v) is 5.24. The van der Waals surface area contributed by atoms with Gasteiger partial charge in [-0.05, 0) is 31.0 Å². The summed E-state index contributed by atoms with van der Waals surface area (Å²) < 4.78 is 32.6. The lowest BCUT2D eigenvalue weighted by Crippen LogP contribution is -2.38. The molecule has 7 heteroatoms. The van der Waals surface area contributed by atoms with Gasteiger partial charge in [0.05, 0.1) is 7.11 Å². The molecule has 0 bridgehead atoms. The normalized spacial score (nSPS) is 11.3. The van der Waals surface area contributed by atoms with Gasteiger partial charge in [0.1, 0.15) is 10.6 Å². The fourth-order valence-electron chi connectivity index (χ4n) is 2.37. The van der Waals surface area contributed by atoms with Crippen LogP contribution >= 0.6 is 0 Å². The molecule has 0 aliphatic heterocycles. The van der Waals surface area contributed by atoms with Crippen molar-refractivity contribution in [3.63, 3.8) is 0 Å². The van der Waals surface area contributed by atoms with E-state index in [0.29, 0.717) is 18.8 Å². The molecular formula is C17H28N2O4S. The van der Waals surface area contributed by atoms with Gasteiger partial charge in [0.2, 0.25) is 15.9 Å². The van der Waals surface area contributed by atoms with Gasteiger partial charge in [0, 0.05) is 26.6 Å². The summed E-state index contributed by atoms with van der Waals surface area (Å²) in [6.45, 7) is 6.60. The van der Waals surface area contributed by atoms with E-state index < -0.39 is 10.0 Å². The van der Waals surface area contributed by atoms with Gasteiger partial charge in [-0.15, -0.1) is 0 Å². The van der Waals surface area contributed by atoms with Crippen molar-refractivity contribution in [3.05, 3.63) is 23.8 Å². The van der Waals surface area contributed by atoms with E-state index >= 15 is 0 Å². The van der Waals surface area contributed by atoms with Crippen molar-refractivity contribution >= 4 is 15.9 Å². The van der Waals surface area contributed by atoms with Gasteiger partial charge in [-0.2, -0.15) is 0 Å². The Morgan fingerprint density at radius 3 is 2.54 bits per heavy atom. The number of sulfonamides is 1. The molecule has 0 unspecified atom stereocenters. The summed E-state index contributed by atoms with van der Waals surface area (Å²) in [5, 5.41) is 0. The second kappa shape index (κ2) is 9.64. The molecule has 0 aliphatic carbocycles. The summed E-state index contributed by atoms with van der Waals surface area (Å²) >= 11 is 0. The van der Waals surface area contributed by atoms with Crippen LogP contribution in [0.25, 0.3) is 0 Å². The van der Waals surface area contributed by atoms with Crippen LogP contribution in [0.3, 0.4) is 0 Å². The number of methoxy groups -OCH3 is 1. The second-order valence-electron chi connectivity index (χ2n) is 5.77. The molecule has 0 spiro atoms. The molecule has 0 fully saturated rings. The maximum atomic E-state index is 12.5. The van der Waals surface area contributed by atoms with Crippen molar-refractivity contribution < 1.29 is 17.9 Å². The van der Waals surface area contributed by atoms with Crippen LogP contribution in [-0.2, 0) is 14.8 Å². The first kappa shape index (κ1) is 20.4. The molecule has 0 aromatic heterocycles. The highest BCUT2D eigenvalue weighted by Gasteiger charge is 2.20. The zero-order valence-electron chi connectivity index (χ0n) is 15.0. The van der Waals surface area contributed by atoms with E-state index in [4.69, 9.17) is 4.74 Å². The lowest BCUT2D eigenvalue weighted by atomic mass is 10.2. The summed E-state index contributed by atoms with van der Waals surface area (Å²) in [4.78, 5) is 13.4. The van der Waals surface area contributed by atoms with Gasteiger partial charge >= 0.3 is 0 Å². The molecule has 1 aromatic carbocycles. The largest absolute Gasteiger partial charge is 0.495 e. The number of hydrogen-bond acceptors (Lipinski definition) is 4. The van der Waals surface area contributed by atoms with Gasteiger partial charge in [0.15, 0.2) is 0 Å². The summed E-state index contributed by atoms with van der Waals surface area (Å²) in [6, 6.07) is 5.00. The van der Waals surface area contributed by atoms with Gasteiger partial charge in [-0.3, -0.25) is 4.79 Å². The smallest absolute Gasteiger partial charge is 0.244 e. The average molecular weight is 356 g/mol. The van der Waals surface area contributed by atoms with Crippen LogP contribution in [0.1, 0.15) is 38.7 Å². The first-order valence-corrected chi connectivity index (χ1v) is 9.70. The molecule has 0 heterocycles. The van der Waals surface area contributed by atoms with E-state index in [0.717, 1.165) is 24.8 Å². The van der Waals surface area contributed by atoms with Gasteiger partial charge in [-0.25, -0.2) is 13.1 Å². The topological polar surface area (TPSA) is 75.7 Å². The number of carbonyl (C=O) groups is 1. The molecule has 1 rings (SSSR count). The average Bonchev–Trinajstić information content (AvgIpc) is 2.53. The molecule has 0 saturated carbocycles. The fraction of sp³-hybridized carbons (Fsp3) is 0.588. The van der Waals surface area contributed by atoms with Gasteiger partial charge in [0.25, 0.3) is 0 Å². The highest BCUT2D eigenvalue weighted by atomic mass is 32.2. The molecule has 0 aliphatic rings. The molecule has 6 nitrogen and oxygen atoms in total. The molecule has 0 atom stereocenters. The van der Waals surface area contributed by atoms with Crippen LogP contribution in [0, 0.1) is 6.92 Å². The van der Waals surface area contributed by atoms with E-state index in [9.17, 15) is 13.2 Å². The highest BCUT2D eigenvalue weighted by molar-refractivity contribution is 7.89. The third kappa shape index (κ3) is 6.13. The Morgan fingerprint density at radius 2 is 1.96 bits per heavy atom. The fourth-order valence-corrected chi connectivity index (χ4v) is 3.64. The Balaban J connectivity index is 2.71. The van der Waals surface area contributed by atoms with E-state index in [1.54, 1.807) is 23.1 Å². The van der Waals surface area contributed by atoms with Crippen LogP contribution in [0.2, 0.25) is 0 Å². The first-order chi connectivity index (χ1) is 11.3. The Hall–Kier alpha value is -1.60. The standard InChI is InChI=1S/C17H28N2O4S/c1-5-6-7-11-19(15(3)20)12-10-18-24(21,22)17-13-14(2)8-9-16(17)23-4/h8-9,13,18H,5-7,10-12H2,1-4H3. The van der Waals surface area contributed by atoms with E-state index in [-0.39, 0.29) is 17.3 Å². The molecule has 1 amide bonds. The van der Waals surface area contributed by atoms with Crippen molar-refractivity contribution in [1.29, 1.82) is 0 Å². The van der Waals surface area contributed by atoms with Crippen molar-refractivity contribution in [2.24, 2.45) is 0 Å². The summed E-state index contributed by atoms with van der Waals surface area (Å²) in [7, 11) is -2.25. The lowest BCUT2D eigenvalue weighted by molar-refractivity contribution is -0.128. The minimum atomic E-state index is -3.69. The van der Waals surface area contributed by atoms with E-state index in [1.807, 2.05) is 6.92 Å². The number of hydrogen-bond donors (Lipinski definition) is 1. The molecule has 0 saturated heterocycles. The highest BCUT2D eigenvalue weighted by Crippen LogP contribution is 2.24. The number of carbonyl (C=O) groups excluding carboxylic acids is 1. The summed E-state index contributed by atoms with van der Waals surface area (Å²) in [5.74, 6) is 0.262. The quantitative estimate of drug-likeness (QED) is 0.653. The second-order valence-corrected chi connectivity index (χ2v) is 7.50. The third-order valence-electron chi connectivity index (χ3n) is 3.76. The monoisotopic (exact) mass is 356 g/mol. The van der Waals surface area contributed by atoms with E-state index in [1.165, 1.54) is 14.0 Å². The minimum Gasteiger partial charge on any atom is -0.495 e. The first-order valence-electron chi connectivity index (χ1n) is 8.21. The number of nitrogens with one attached hydrogen (secondary N) is 1. The summed E-state index contributed by atoms with van der Waals surface area (Å²) in [6.07, 6.45) is 3.05. The van der Waals surface area contributed by atoms with Crippen LogP contribution in [0.5, 0.6) is 5.75 Å². The molecule has 136 valence electrons. The predicted octanol–water partition coefficient (Wildman–Crippen LogP) is 2.32. The summed E-state index contributed by atoms with van der Waals surface area (Å²) in [5.41, 5.74) is 0.834. The zero-order chi connectivity index (χ0) is 18.2. The number of ether oxygens (including phenoxy) is 1. The van der Waals surface area contributed by atoms with Crippen molar-refractivity contribution in [2.45, 2.75) is 44.9 Å². The van der Waals surface area contributed by atoms with Crippen LogP contribution in [0.15, 0.2) is 23.1 Å². The molecule has 1 N–H and O–H groups in total. The van der Waals surface area contributed by atoms with Gasteiger partial charge < -0.3 is 9.64 Å². The Morgan fingerprint density at radius 1 is 1.25 bits per heavy atom. The number of amides is 1. The number of rotatable bonds is 10. The SMILES string of the molecule is CCCCCN(CCNS(=O)(=O)c1cc(C)ccc1OC)C(C)=O. The van der Waals surface area contributed by atoms with Crippen molar-refractivity contribution in [1.82, 2.24) is 9.62 Å². The van der Waals surface area contributed by atoms with Gasteiger partial charge in [-0.1, -0.05) is 25.8 Å².